The van der Waals surface area contributed by atoms with Gasteiger partial charge in [-0.2, -0.15) is 0 Å². The third kappa shape index (κ3) is 7.58. The van der Waals surface area contributed by atoms with Crippen molar-refractivity contribution in [2.75, 3.05) is 20.3 Å². The first-order valence-electron chi connectivity index (χ1n) is 12.6. The van der Waals surface area contributed by atoms with Crippen LogP contribution in [-0.4, -0.2) is 61.0 Å². The summed E-state index contributed by atoms with van der Waals surface area (Å²) in [5.41, 5.74) is 1.05. The number of esters is 1. The molecule has 0 unspecified atom stereocenters. The Balaban J connectivity index is 1.76. The van der Waals surface area contributed by atoms with Crippen molar-refractivity contribution >= 4 is 34.6 Å². The van der Waals surface area contributed by atoms with Gasteiger partial charge in [0.05, 0.1) is 13.7 Å². The van der Waals surface area contributed by atoms with Crippen LogP contribution in [0.15, 0.2) is 36.4 Å². The summed E-state index contributed by atoms with van der Waals surface area (Å²) in [6.07, 6.45) is 4.18. The fraction of sp³-hybridized carbons (Fsp3) is 0.481. The summed E-state index contributed by atoms with van der Waals surface area (Å²) in [5, 5.41) is 9.30. The van der Waals surface area contributed by atoms with Crippen molar-refractivity contribution in [2.24, 2.45) is 11.8 Å². The summed E-state index contributed by atoms with van der Waals surface area (Å²) >= 11 is 0. The minimum Gasteiger partial charge on any atom is -0.496 e. The van der Waals surface area contributed by atoms with Gasteiger partial charge in [0, 0.05) is 35.5 Å². The van der Waals surface area contributed by atoms with Crippen molar-refractivity contribution in [2.45, 2.75) is 52.1 Å². The molecule has 1 fully saturated rings. The van der Waals surface area contributed by atoms with E-state index >= 15 is 0 Å². The number of hydrogen-bond donors (Lipinski definition) is 4. The number of hydrogen-bond acceptors (Lipinski definition) is 6. The number of fused-ring (bicyclic) bond motifs is 1. The summed E-state index contributed by atoms with van der Waals surface area (Å²) in [4.78, 5) is 53.5. The molecule has 1 aliphatic heterocycles. The lowest BCUT2D eigenvalue weighted by Crippen LogP contribution is -2.50. The highest BCUT2D eigenvalue weighted by atomic mass is 16.5. The number of nitrogens with one attached hydrogen (secondary N) is 4. The third-order valence-electron chi connectivity index (χ3n) is 6.20. The molecule has 10 nitrogen and oxygen atoms in total. The second-order valence-electron chi connectivity index (χ2n) is 9.50. The molecule has 37 heavy (non-hydrogen) atoms. The molecule has 2 aromatic rings. The average Bonchev–Trinajstić information content (AvgIpc) is 3.48. The lowest BCUT2D eigenvalue weighted by Gasteiger charge is -2.24. The molecule has 0 radical (unpaired) electrons. The van der Waals surface area contributed by atoms with Gasteiger partial charge in [-0.3, -0.25) is 14.4 Å². The predicted molar refractivity (Wildman–Crippen MR) is 139 cm³/mol. The standard InChI is InChI=1S/C27H36N4O6/c1-5-37-24(32)10-9-18(14-17-11-12-28-25(17)33)29-26(34)21(13-16(2)3)31-27(35)22-15-19-20(30-22)7-6-8-23(19)36-4/h6-10,15-18,21,30H,5,11-14H2,1-4H3,(H,28,33)(H,29,34)(H,31,35)/t17-,18+,21-/m0/s1. The third-order valence-corrected chi connectivity index (χ3v) is 6.20. The van der Waals surface area contributed by atoms with E-state index in [0.717, 1.165) is 10.9 Å². The van der Waals surface area contributed by atoms with Gasteiger partial charge in [0.1, 0.15) is 17.5 Å². The van der Waals surface area contributed by atoms with Crippen LogP contribution in [0.5, 0.6) is 5.75 Å². The second kappa shape index (κ2) is 12.9. The smallest absolute Gasteiger partial charge is 0.330 e. The van der Waals surface area contributed by atoms with E-state index < -0.39 is 29.9 Å². The number of rotatable bonds is 12. The van der Waals surface area contributed by atoms with Crippen molar-refractivity contribution in [1.29, 1.82) is 0 Å². The van der Waals surface area contributed by atoms with Crippen molar-refractivity contribution in [3.8, 4) is 5.75 Å². The van der Waals surface area contributed by atoms with Gasteiger partial charge in [-0.1, -0.05) is 26.0 Å². The Morgan fingerprint density at radius 2 is 2.00 bits per heavy atom. The summed E-state index contributed by atoms with van der Waals surface area (Å²) in [7, 11) is 1.56. The molecule has 3 rings (SSSR count). The summed E-state index contributed by atoms with van der Waals surface area (Å²) < 4.78 is 10.3. The van der Waals surface area contributed by atoms with Gasteiger partial charge in [0.15, 0.2) is 0 Å². The van der Waals surface area contributed by atoms with E-state index in [0.29, 0.717) is 37.3 Å². The predicted octanol–water partition coefficient (Wildman–Crippen LogP) is 2.45. The number of carbonyl (C=O) groups is 4. The lowest BCUT2D eigenvalue weighted by atomic mass is 9.97. The molecule has 1 aliphatic rings. The summed E-state index contributed by atoms with van der Waals surface area (Å²) in [6.45, 7) is 6.43. The quantitative estimate of drug-likeness (QED) is 0.255. The number of aromatic nitrogens is 1. The minimum atomic E-state index is -0.822. The van der Waals surface area contributed by atoms with E-state index in [-0.39, 0.29) is 24.3 Å². The van der Waals surface area contributed by atoms with Gasteiger partial charge in [0.25, 0.3) is 5.91 Å². The van der Waals surface area contributed by atoms with E-state index in [9.17, 15) is 19.2 Å². The van der Waals surface area contributed by atoms with Gasteiger partial charge in [-0.15, -0.1) is 0 Å². The van der Waals surface area contributed by atoms with Crippen LogP contribution in [0.4, 0.5) is 0 Å². The Labute approximate surface area is 216 Å². The number of carbonyl (C=O) groups excluding carboxylic acids is 4. The first-order chi connectivity index (χ1) is 17.7. The zero-order valence-electron chi connectivity index (χ0n) is 21.8. The molecule has 200 valence electrons. The van der Waals surface area contributed by atoms with E-state index in [1.54, 1.807) is 32.2 Å². The van der Waals surface area contributed by atoms with Gasteiger partial charge >= 0.3 is 5.97 Å². The zero-order chi connectivity index (χ0) is 26.9. The number of amides is 3. The van der Waals surface area contributed by atoms with Crippen molar-refractivity contribution in [1.82, 2.24) is 20.9 Å². The highest BCUT2D eigenvalue weighted by molar-refractivity contribution is 6.01. The Kier molecular flexibility index (Phi) is 9.71. The molecule has 1 saturated heterocycles. The summed E-state index contributed by atoms with van der Waals surface area (Å²) in [5.74, 6) is -0.953. The van der Waals surface area contributed by atoms with E-state index in [1.165, 1.54) is 6.08 Å². The Hall–Kier alpha value is -3.82. The average molecular weight is 513 g/mol. The molecule has 3 amide bonds. The first-order valence-corrected chi connectivity index (χ1v) is 12.6. The largest absolute Gasteiger partial charge is 0.496 e. The fourth-order valence-corrected chi connectivity index (χ4v) is 4.40. The van der Waals surface area contributed by atoms with E-state index in [1.807, 2.05) is 26.0 Å². The van der Waals surface area contributed by atoms with Crippen LogP contribution < -0.4 is 20.7 Å². The SMILES string of the molecule is CCOC(=O)C=C[C@H](C[C@@H]1CCNC1=O)NC(=O)[C@H](CC(C)C)NC(=O)c1cc2c(OC)cccc2[nH]1. The fourth-order valence-electron chi connectivity index (χ4n) is 4.40. The molecule has 10 heteroatoms. The number of H-pyrrole nitrogens is 1. The maximum Gasteiger partial charge on any atom is 0.330 e. The molecule has 1 aromatic carbocycles. The zero-order valence-corrected chi connectivity index (χ0v) is 21.8. The lowest BCUT2D eigenvalue weighted by molar-refractivity contribution is -0.137. The highest BCUT2D eigenvalue weighted by Crippen LogP contribution is 2.26. The van der Waals surface area contributed by atoms with Crippen LogP contribution >= 0.6 is 0 Å². The van der Waals surface area contributed by atoms with Crippen LogP contribution in [0, 0.1) is 11.8 Å². The van der Waals surface area contributed by atoms with Crippen LogP contribution in [-0.2, 0) is 19.1 Å². The Bertz CT molecular complexity index is 1150. The van der Waals surface area contributed by atoms with Crippen molar-refractivity contribution < 1.29 is 28.7 Å². The number of methoxy groups -OCH3 is 1. The van der Waals surface area contributed by atoms with Gasteiger partial charge < -0.3 is 30.4 Å². The molecular weight excluding hydrogens is 476 g/mol. The van der Waals surface area contributed by atoms with Crippen LogP contribution in [0.25, 0.3) is 10.9 Å². The number of benzene rings is 1. The molecule has 4 N–H and O–H groups in total. The molecular formula is C27H36N4O6. The van der Waals surface area contributed by atoms with Crippen LogP contribution in [0.3, 0.4) is 0 Å². The number of ether oxygens (including phenoxy) is 2. The second-order valence-corrected chi connectivity index (χ2v) is 9.50. The van der Waals surface area contributed by atoms with Crippen molar-refractivity contribution in [3.63, 3.8) is 0 Å². The molecule has 3 atom stereocenters. The van der Waals surface area contributed by atoms with Crippen molar-refractivity contribution in [3.05, 3.63) is 42.1 Å². The monoisotopic (exact) mass is 512 g/mol. The molecule has 0 spiro atoms. The Morgan fingerprint density at radius 1 is 1.22 bits per heavy atom. The summed E-state index contributed by atoms with van der Waals surface area (Å²) in [6, 6.07) is 5.75. The molecule has 0 aliphatic carbocycles. The highest BCUT2D eigenvalue weighted by Gasteiger charge is 2.30. The number of aromatic amines is 1. The van der Waals surface area contributed by atoms with Crippen LogP contribution in [0.2, 0.25) is 0 Å². The topological polar surface area (TPSA) is 139 Å². The van der Waals surface area contributed by atoms with E-state index in [2.05, 4.69) is 20.9 Å². The molecule has 2 heterocycles. The molecule has 1 aromatic heterocycles. The van der Waals surface area contributed by atoms with Crippen LogP contribution in [0.1, 0.15) is 50.5 Å². The molecule has 0 bridgehead atoms. The van der Waals surface area contributed by atoms with Gasteiger partial charge in [-0.25, -0.2) is 4.79 Å². The normalized spacial score (nSPS) is 17.0. The maximum atomic E-state index is 13.3. The first kappa shape index (κ1) is 27.8. The minimum absolute atomic E-state index is 0.0787. The molecule has 0 saturated carbocycles. The van der Waals surface area contributed by atoms with Gasteiger partial charge in [-0.05, 0) is 50.3 Å². The van der Waals surface area contributed by atoms with Gasteiger partial charge in [0.2, 0.25) is 11.8 Å². The van der Waals surface area contributed by atoms with E-state index in [4.69, 9.17) is 9.47 Å². The Morgan fingerprint density at radius 3 is 2.65 bits per heavy atom. The maximum absolute atomic E-state index is 13.3.